The number of rotatable bonds is 0. The molecule has 0 aromatic carbocycles. The zero-order chi connectivity index (χ0) is 7.14. The van der Waals surface area contributed by atoms with E-state index in [1.54, 1.807) is 0 Å². The Morgan fingerprint density at radius 3 is 2.80 bits per heavy atom. The lowest BCUT2D eigenvalue weighted by Gasteiger charge is -2.13. The van der Waals surface area contributed by atoms with Crippen molar-refractivity contribution >= 4 is 11.9 Å². The fourth-order valence-electron chi connectivity index (χ4n) is 1.24. The Morgan fingerprint density at radius 1 is 1.30 bits per heavy atom. The van der Waals surface area contributed by atoms with Gasteiger partial charge in [-0.3, -0.25) is 9.59 Å². The molecule has 2 rings (SSSR count). The first-order valence-electron chi connectivity index (χ1n) is 3.15. The first-order chi connectivity index (χ1) is 4.75. The summed E-state index contributed by atoms with van der Waals surface area (Å²) in [4.78, 5) is 21.4. The van der Waals surface area contributed by atoms with Crippen molar-refractivity contribution in [1.29, 1.82) is 0 Å². The highest BCUT2D eigenvalue weighted by atomic mass is 16.7. The van der Waals surface area contributed by atoms with Crippen LogP contribution in [0.25, 0.3) is 0 Å². The molecular formula is C6H6O4. The van der Waals surface area contributed by atoms with Gasteiger partial charge in [0, 0.05) is 6.42 Å². The molecule has 2 fully saturated rings. The zero-order valence-corrected chi connectivity index (χ0v) is 5.20. The van der Waals surface area contributed by atoms with Crippen molar-refractivity contribution in [3.63, 3.8) is 0 Å². The van der Waals surface area contributed by atoms with Gasteiger partial charge >= 0.3 is 11.9 Å². The normalized spacial score (nSPS) is 37.2. The van der Waals surface area contributed by atoms with Gasteiger partial charge in [0.25, 0.3) is 0 Å². The van der Waals surface area contributed by atoms with Crippen molar-refractivity contribution in [2.75, 3.05) is 0 Å². The SMILES string of the molecule is O=C1CC2CC(O1)OC2=O. The summed E-state index contributed by atoms with van der Waals surface area (Å²) in [6.07, 6.45) is 0.152. The predicted octanol–water partition coefficient (Wildman–Crippen LogP) is -0.177. The van der Waals surface area contributed by atoms with Crippen LogP contribution in [0, 0.1) is 5.92 Å². The zero-order valence-electron chi connectivity index (χ0n) is 5.20. The van der Waals surface area contributed by atoms with Gasteiger partial charge in [-0.05, 0) is 0 Å². The number of hydrogen-bond donors (Lipinski definition) is 0. The third-order valence-corrected chi connectivity index (χ3v) is 1.73. The molecule has 0 spiro atoms. The van der Waals surface area contributed by atoms with Crippen LogP contribution in [-0.4, -0.2) is 18.2 Å². The Hall–Kier alpha value is -1.06. The number of fused-ring (bicyclic) bond motifs is 2. The van der Waals surface area contributed by atoms with Crippen LogP contribution >= 0.6 is 0 Å². The molecule has 2 saturated heterocycles. The summed E-state index contributed by atoms with van der Waals surface area (Å²) >= 11 is 0. The van der Waals surface area contributed by atoms with Gasteiger partial charge in [-0.2, -0.15) is 0 Å². The largest absolute Gasteiger partial charge is 0.425 e. The fraction of sp³-hybridized carbons (Fsp3) is 0.667. The standard InChI is InChI=1S/C6H6O4/c7-4-1-3-2-5(9-4)10-6(3)8/h3,5H,1-2H2. The average molecular weight is 142 g/mol. The molecule has 2 heterocycles. The Morgan fingerprint density at radius 2 is 2.10 bits per heavy atom. The van der Waals surface area contributed by atoms with Crippen molar-refractivity contribution in [1.82, 2.24) is 0 Å². The van der Waals surface area contributed by atoms with E-state index in [0.29, 0.717) is 6.42 Å². The molecule has 0 amide bonds. The van der Waals surface area contributed by atoms with Crippen LogP contribution in [0.5, 0.6) is 0 Å². The monoisotopic (exact) mass is 142 g/mol. The summed E-state index contributed by atoms with van der Waals surface area (Å²) in [6.45, 7) is 0. The maximum atomic E-state index is 10.7. The summed E-state index contributed by atoms with van der Waals surface area (Å²) < 4.78 is 9.34. The molecule has 54 valence electrons. The number of ether oxygens (including phenoxy) is 2. The van der Waals surface area contributed by atoms with Gasteiger partial charge < -0.3 is 9.47 Å². The molecule has 0 aromatic rings. The predicted molar refractivity (Wildman–Crippen MR) is 28.7 cm³/mol. The molecular weight excluding hydrogens is 136 g/mol. The summed E-state index contributed by atoms with van der Waals surface area (Å²) in [6, 6.07) is 0. The second kappa shape index (κ2) is 1.71. The summed E-state index contributed by atoms with van der Waals surface area (Å²) in [5, 5.41) is 0. The van der Waals surface area contributed by atoms with Gasteiger partial charge in [0.1, 0.15) is 0 Å². The van der Waals surface area contributed by atoms with Gasteiger partial charge in [-0.25, -0.2) is 0 Å². The van der Waals surface area contributed by atoms with Gasteiger partial charge in [0.05, 0.1) is 12.3 Å². The van der Waals surface area contributed by atoms with Crippen molar-refractivity contribution < 1.29 is 19.1 Å². The van der Waals surface area contributed by atoms with E-state index in [-0.39, 0.29) is 24.3 Å². The first-order valence-corrected chi connectivity index (χ1v) is 3.15. The molecule has 2 aliphatic heterocycles. The average Bonchev–Trinajstić information content (AvgIpc) is 2.07. The number of carbonyl (C=O) groups excluding carboxylic acids is 2. The highest BCUT2D eigenvalue weighted by molar-refractivity contribution is 5.83. The third kappa shape index (κ3) is 0.683. The van der Waals surface area contributed by atoms with Crippen molar-refractivity contribution in [2.45, 2.75) is 19.1 Å². The van der Waals surface area contributed by atoms with E-state index in [4.69, 9.17) is 0 Å². The number of esters is 2. The van der Waals surface area contributed by atoms with Crippen molar-refractivity contribution in [3.8, 4) is 0 Å². The molecule has 4 heteroatoms. The van der Waals surface area contributed by atoms with Crippen LogP contribution in [0.4, 0.5) is 0 Å². The minimum Gasteiger partial charge on any atom is -0.425 e. The number of carbonyl (C=O) groups is 2. The second-order valence-corrected chi connectivity index (χ2v) is 2.49. The summed E-state index contributed by atoms with van der Waals surface area (Å²) in [5.74, 6) is -0.853. The van der Waals surface area contributed by atoms with E-state index >= 15 is 0 Å². The van der Waals surface area contributed by atoms with E-state index in [1.807, 2.05) is 0 Å². The molecule has 2 atom stereocenters. The third-order valence-electron chi connectivity index (χ3n) is 1.73. The Labute approximate surface area is 57.1 Å². The van der Waals surface area contributed by atoms with E-state index in [2.05, 4.69) is 9.47 Å². The van der Waals surface area contributed by atoms with Crippen molar-refractivity contribution in [2.24, 2.45) is 5.92 Å². The van der Waals surface area contributed by atoms with Crippen LogP contribution in [0.1, 0.15) is 12.8 Å². The summed E-state index contributed by atoms with van der Waals surface area (Å²) in [5.41, 5.74) is 0. The van der Waals surface area contributed by atoms with Crippen LogP contribution in [-0.2, 0) is 19.1 Å². The molecule has 2 bridgehead atoms. The van der Waals surface area contributed by atoms with Crippen LogP contribution in [0.2, 0.25) is 0 Å². The van der Waals surface area contributed by atoms with E-state index in [9.17, 15) is 9.59 Å². The maximum absolute atomic E-state index is 10.7. The van der Waals surface area contributed by atoms with E-state index in [0.717, 1.165) is 0 Å². The van der Waals surface area contributed by atoms with Gasteiger partial charge in [0.2, 0.25) is 6.29 Å². The molecule has 0 N–H and O–H groups in total. The van der Waals surface area contributed by atoms with Crippen LogP contribution in [0.3, 0.4) is 0 Å². The molecule has 0 saturated carbocycles. The summed E-state index contributed by atoms with van der Waals surface area (Å²) in [7, 11) is 0. The molecule has 2 aliphatic rings. The van der Waals surface area contributed by atoms with E-state index < -0.39 is 6.29 Å². The van der Waals surface area contributed by atoms with Crippen LogP contribution < -0.4 is 0 Å². The minimum atomic E-state index is -0.584. The number of hydrogen-bond acceptors (Lipinski definition) is 4. The Balaban J connectivity index is 2.20. The van der Waals surface area contributed by atoms with Gasteiger partial charge in [-0.15, -0.1) is 0 Å². The quantitative estimate of drug-likeness (QED) is 0.440. The van der Waals surface area contributed by atoms with Crippen molar-refractivity contribution in [3.05, 3.63) is 0 Å². The lowest BCUT2D eigenvalue weighted by atomic mass is 10.0. The molecule has 2 unspecified atom stereocenters. The fourth-order valence-corrected chi connectivity index (χ4v) is 1.24. The minimum absolute atomic E-state index is 0.190. The highest BCUT2D eigenvalue weighted by Crippen LogP contribution is 2.29. The van der Waals surface area contributed by atoms with Gasteiger partial charge in [-0.1, -0.05) is 0 Å². The topological polar surface area (TPSA) is 52.6 Å². The highest BCUT2D eigenvalue weighted by Gasteiger charge is 2.42. The Kier molecular flexibility index (Phi) is 0.977. The lowest BCUT2D eigenvalue weighted by molar-refractivity contribution is -0.174. The molecule has 4 nitrogen and oxygen atoms in total. The molecule has 0 aromatic heterocycles. The smallest absolute Gasteiger partial charge is 0.312 e. The van der Waals surface area contributed by atoms with Crippen LogP contribution in [0.15, 0.2) is 0 Å². The molecule has 10 heavy (non-hydrogen) atoms. The Bertz CT molecular complexity index is 196. The molecule has 0 radical (unpaired) electrons. The second-order valence-electron chi connectivity index (χ2n) is 2.49. The first kappa shape index (κ1) is 5.70. The van der Waals surface area contributed by atoms with Gasteiger partial charge in [0.15, 0.2) is 0 Å². The maximum Gasteiger partial charge on any atom is 0.312 e. The molecule has 0 aliphatic carbocycles. The van der Waals surface area contributed by atoms with E-state index in [1.165, 1.54) is 0 Å². The lowest BCUT2D eigenvalue weighted by Crippen LogP contribution is -2.22.